The Kier molecular flexibility index (Phi) is 4.55. The summed E-state index contributed by atoms with van der Waals surface area (Å²) in [6, 6.07) is 10.9. The van der Waals surface area contributed by atoms with Crippen LogP contribution in [0, 0.1) is 11.6 Å². The van der Waals surface area contributed by atoms with Crippen LogP contribution >= 0.6 is 0 Å². The standard InChI is InChI=1S/C18H16F2N2O2/c19-14-9-7-13(8-10-14)18(24)22(12-21-11-3-6-17(21)23)16-5-2-1-4-15(16)20/h1-2,4-5,7-10H,3,6,11-12H2. The average molecular weight is 330 g/mol. The summed E-state index contributed by atoms with van der Waals surface area (Å²) in [5.41, 5.74) is 0.317. The number of hydrogen-bond donors (Lipinski definition) is 0. The molecule has 2 amide bonds. The quantitative estimate of drug-likeness (QED) is 0.864. The molecule has 0 unspecified atom stereocenters. The molecule has 1 aliphatic heterocycles. The maximum Gasteiger partial charge on any atom is 0.259 e. The molecule has 1 saturated heterocycles. The number of carbonyl (C=O) groups is 2. The van der Waals surface area contributed by atoms with Crippen LogP contribution in [0.25, 0.3) is 0 Å². The number of benzene rings is 2. The fourth-order valence-electron chi connectivity index (χ4n) is 2.69. The molecule has 3 rings (SSSR count). The van der Waals surface area contributed by atoms with Crippen molar-refractivity contribution >= 4 is 17.5 Å². The van der Waals surface area contributed by atoms with Crippen LogP contribution in [0.5, 0.6) is 0 Å². The molecule has 0 spiro atoms. The molecule has 2 aromatic carbocycles. The van der Waals surface area contributed by atoms with Crippen molar-refractivity contribution < 1.29 is 18.4 Å². The number of amides is 2. The zero-order valence-electron chi connectivity index (χ0n) is 12.9. The van der Waals surface area contributed by atoms with Crippen molar-refractivity contribution in [3.63, 3.8) is 0 Å². The molecule has 0 N–H and O–H groups in total. The van der Waals surface area contributed by atoms with Crippen LogP contribution in [0.2, 0.25) is 0 Å². The van der Waals surface area contributed by atoms with E-state index >= 15 is 0 Å². The van der Waals surface area contributed by atoms with Gasteiger partial charge in [0.2, 0.25) is 5.91 Å². The Hall–Kier alpha value is -2.76. The molecule has 124 valence electrons. The van der Waals surface area contributed by atoms with E-state index in [0.717, 1.165) is 0 Å². The van der Waals surface area contributed by atoms with E-state index in [2.05, 4.69) is 0 Å². The van der Waals surface area contributed by atoms with Crippen LogP contribution < -0.4 is 4.90 Å². The minimum absolute atomic E-state index is 0.0318. The molecular formula is C18H16F2N2O2. The third kappa shape index (κ3) is 3.27. The van der Waals surface area contributed by atoms with Gasteiger partial charge in [-0.2, -0.15) is 0 Å². The lowest BCUT2D eigenvalue weighted by Gasteiger charge is -2.28. The monoisotopic (exact) mass is 330 g/mol. The topological polar surface area (TPSA) is 40.6 Å². The number of carbonyl (C=O) groups excluding carboxylic acids is 2. The van der Waals surface area contributed by atoms with Gasteiger partial charge in [0.15, 0.2) is 0 Å². The van der Waals surface area contributed by atoms with E-state index in [-0.39, 0.29) is 23.8 Å². The summed E-state index contributed by atoms with van der Waals surface area (Å²) in [6.07, 6.45) is 1.14. The molecule has 1 aliphatic rings. The van der Waals surface area contributed by atoms with Gasteiger partial charge in [0.25, 0.3) is 5.91 Å². The lowest BCUT2D eigenvalue weighted by molar-refractivity contribution is -0.127. The van der Waals surface area contributed by atoms with Crippen molar-refractivity contribution in [1.29, 1.82) is 0 Å². The minimum atomic E-state index is -0.556. The van der Waals surface area contributed by atoms with Gasteiger partial charge in [-0.1, -0.05) is 12.1 Å². The summed E-state index contributed by atoms with van der Waals surface area (Å²) in [4.78, 5) is 27.4. The minimum Gasteiger partial charge on any atom is -0.324 e. The van der Waals surface area contributed by atoms with Gasteiger partial charge in [0.05, 0.1) is 5.69 Å². The fraction of sp³-hybridized carbons (Fsp3) is 0.222. The smallest absolute Gasteiger partial charge is 0.259 e. The Morgan fingerprint density at radius 3 is 2.42 bits per heavy atom. The Balaban J connectivity index is 1.95. The highest BCUT2D eigenvalue weighted by molar-refractivity contribution is 6.06. The molecule has 0 atom stereocenters. The highest BCUT2D eigenvalue weighted by Gasteiger charge is 2.27. The SMILES string of the molecule is O=C1CCCN1CN(C(=O)c1ccc(F)cc1)c1ccccc1F. The van der Waals surface area contributed by atoms with Gasteiger partial charge in [0, 0.05) is 18.5 Å². The van der Waals surface area contributed by atoms with Crippen molar-refractivity contribution in [3.05, 3.63) is 65.7 Å². The van der Waals surface area contributed by atoms with Crippen LogP contribution in [-0.2, 0) is 4.79 Å². The summed E-state index contributed by atoms with van der Waals surface area (Å²) in [7, 11) is 0. The molecule has 0 aliphatic carbocycles. The van der Waals surface area contributed by atoms with E-state index in [9.17, 15) is 18.4 Å². The largest absolute Gasteiger partial charge is 0.324 e. The van der Waals surface area contributed by atoms with Gasteiger partial charge in [-0.15, -0.1) is 0 Å². The van der Waals surface area contributed by atoms with E-state index in [4.69, 9.17) is 0 Å². The molecule has 24 heavy (non-hydrogen) atoms. The van der Waals surface area contributed by atoms with Crippen molar-refractivity contribution in [2.45, 2.75) is 12.8 Å². The number of likely N-dealkylation sites (tertiary alicyclic amines) is 1. The summed E-state index contributed by atoms with van der Waals surface area (Å²) in [5, 5.41) is 0. The highest BCUT2D eigenvalue weighted by atomic mass is 19.1. The second-order valence-electron chi connectivity index (χ2n) is 5.59. The van der Waals surface area contributed by atoms with Gasteiger partial charge >= 0.3 is 0 Å². The van der Waals surface area contributed by atoms with E-state index in [1.54, 1.807) is 6.07 Å². The van der Waals surface area contributed by atoms with Gasteiger partial charge in [0.1, 0.15) is 18.3 Å². The van der Waals surface area contributed by atoms with Crippen molar-refractivity contribution in [1.82, 2.24) is 4.90 Å². The Morgan fingerprint density at radius 2 is 1.79 bits per heavy atom. The molecule has 1 heterocycles. The average Bonchev–Trinajstić information content (AvgIpc) is 2.98. The van der Waals surface area contributed by atoms with Crippen molar-refractivity contribution in [3.8, 4) is 0 Å². The molecule has 0 bridgehead atoms. The molecule has 0 radical (unpaired) electrons. The number of rotatable bonds is 4. The summed E-state index contributed by atoms with van der Waals surface area (Å²) in [5.74, 6) is -1.57. The molecule has 0 saturated carbocycles. The number of para-hydroxylation sites is 1. The third-order valence-corrected chi connectivity index (χ3v) is 3.96. The molecule has 6 heteroatoms. The predicted octanol–water partition coefficient (Wildman–Crippen LogP) is 3.19. The van der Waals surface area contributed by atoms with E-state index in [1.165, 1.54) is 52.3 Å². The van der Waals surface area contributed by atoms with Crippen LogP contribution in [0.4, 0.5) is 14.5 Å². The number of anilines is 1. The first-order valence-electron chi connectivity index (χ1n) is 7.66. The van der Waals surface area contributed by atoms with Crippen LogP contribution in [0.15, 0.2) is 48.5 Å². The first kappa shape index (κ1) is 16.1. The molecule has 1 fully saturated rings. The maximum atomic E-state index is 14.2. The van der Waals surface area contributed by atoms with Gasteiger partial charge in [-0.25, -0.2) is 8.78 Å². The van der Waals surface area contributed by atoms with Crippen LogP contribution in [-0.4, -0.2) is 29.9 Å². The molecule has 2 aromatic rings. The van der Waals surface area contributed by atoms with Crippen LogP contribution in [0.1, 0.15) is 23.2 Å². The van der Waals surface area contributed by atoms with Crippen molar-refractivity contribution in [2.75, 3.05) is 18.1 Å². The van der Waals surface area contributed by atoms with E-state index < -0.39 is 17.5 Å². The summed E-state index contributed by atoms with van der Waals surface area (Å²) < 4.78 is 27.3. The van der Waals surface area contributed by atoms with Gasteiger partial charge < -0.3 is 4.90 Å². The molecule has 4 nitrogen and oxygen atoms in total. The lowest BCUT2D eigenvalue weighted by Crippen LogP contribution is -2.42. The zero-order valence-corrected chi connectivity index (χ0v) is 12.9. The van der Waals surface area contributed by atoms with Crippen LogP contribution in [0.3, 0.4) is 0 Å². The van der Waals surface area contributed by atoms with E-state index in [1.807, 2.05) is 0 Å². The zero-order chi connectivity index (χ0) is 17.1. The second-order valence-corrected chi connectivity index (χ2v) is 5.59. The fourth-order valence-corrected chi connectivity index (χ4v) is 2.69. The lowest BCUT2D eigenvalue weighted by atomic mass is 10.1. The third-order valence-electron chi connectivity index (χ3n) is 3.96. The number of nitrogens with zero attached hydrogens (tertiary/aromatic N) is 2. The van der Waals surface area contributed by atoms with Gasteiger partial charge in [-0.05, 0) is 42.8 Å². The first-order valence-corrected chi connectivity index (χ1v) is 7.66. The van der Waals surface area contributed by atoms with Gasteiger partial charge in [-0.3, -0.25) is 14.5 Å². The first-order chi connectivity index (χ1) is 11.6. The predicted molar refractivity (Wildman–Crippen MR) is 85.4 cm³/mol. The number of halogens is 2. The molecule has 0 aromatic heterocycles. The summed E-state index contributed by atoms with van der Waals surface area (Å²) >= 11 is 0. The second kappa shape index (κ2) is 6.78. The Labute approximate surface area is 138 Å². The summed E-state index contributed by atoms with van der Waals surface area (Å²) in [6.45, 7) is 0.496. The van der Waals surface area contributed by atoms with Crippen molar-refractivity contribution in [2.24, 2.45) is 0 Å². The Bertz CT molecular complexity index is 762. The normalized spacial score (nSPS) is 14.1. The molecular weight excluding hydrogens is 314 g/mol. The van der Waals surface area contributed by atoms with E-state index in [0.29, 0.717) is 19.4 Å². The maximum absolute atomic E-state index is 14.2. The Morgan fingerprint density at radius 1 is 1.08 bits per heavy atom. The number of hydrogen-bond acceptors (Lipinski definition) is 2. The highest BCUT2D eigenvalue weighted by Crippen LogP contribution is 2.23.